The summed E-state index contributed by atoms with van der Waals surface area (Å²) in [6.45, 7) is 0. The number of aryl methyl sites for hydroxylation is 1. The van der Waals surface area contributed by atoms with Crippen LogP contribution in [0.15, 0.2) is 60.7 Å². The molecule has 0 spiro atoms. The molecule has 2 rings (SSSR count). The third kappa shape index (κ3) is 6.22. The number of hydrazine groups is 1. The molecule has 2 aromatic rings. The molecule has 0 aliphatic carbocycles. The highest BCUT2D eigenvalue weighted by atomic mass is 16.3. The molecule has 1 unspecified atom stereocenters. The zero-order valence-electron chi connectivity index (χ0n) is 13.4. The van der Waals surface area contributed by atoms with Gasteiger partial charge in [0, 0.05) is 6.42 Å². The van der Waals surface area contributed by atoms with Crippen LogP contribution in [0.4, 0.5) is 0 Å². The van der Waals surface area contributed by atoms with Gasteiger partial charge in [0.1, 0.15) is 0 Å². The Bertz CT molecular complexity index is 644. The first-order chi connectivity index (χ1) is 11.6. The number of amides is 2. The summed E-state index contributed by atoms with van der Waals surface area (Å²) >= 11 is 0. The van der Waals surface area contributed by atoms with Crippen LogP contribution in [0.3, 0.4) is 0 Å². The van der Waals surface area contributed by atoms with Gasteiger partial charge in [0.25, 0.3) is 0 Å². The summed E-state index contributed by atoms with van der Waals surface area (Å²) in [5, 5.41) is 9.95. The Morgan fingerprint density at radius 3 is 2.12 bits per heavy atom. The molecule has 0 heterocycles. The fourth-order valence-corrected chi connectivity index (χ4v) is 2.32. The van der Waals surface area contributed by atoms with Crippen LogP contribution < -0.4 is 10.9 Å². The molecular weight excluding hydrogens is 304 g/mol. The molecule has 0 aliphatic rings. The molecule has 5 nitrogen and oxygen atoms in total. The van der Waals surface area contributed by atoms with Gasteiger partial charge in [0.05, 0.1) is 12.5 Å². The van der Waals surface area contributed by atoms with Gasteiger partial charge in [-0.25, -0.2) is 0 Å². The monoisotopic (exact) mass is 326 g/mol. The van der Waals surface area contributed by atoms with Gasteiger partial charge >= 0.3 is 0 Å². The number of carbonyl (C=O) groups excluding carboxylic acids is 2. The maximum atomic E-state index is 11.7. The van der Waals surface area contributed by atoms with Crippen molar-refractivity contribution in [2.45, 2.75) is 31.8 Å². The van der Waals surface area contributed by atoms with Gasteiger partial charge in [-0.15, -0.1) is 0 Å². The van der Waals surface area contributed by atoms with Crippen LogP contribution in [0.1, 0.15) is 36.5 Å². The second-order valence-electron chi connectivity index (χ2n) is 5.57. The Hall–Kier alpha value is -2.66. The summed E-state index contributed by atoms with van der Waals surface area (Å²) < 4.78 is 0. The molecule has 0 saturated heterocycles. The second kappa shape index (κ2) is 9.47. The average molecular weight is 326 g/mol. The van der Waals surface area contributed by atoms with E-state index in [0.717, 1.165) is 6.42 Å². The number of hydrogen-bond donors (Lipinski definition) is 3. The van der Waals surface area contributed by atoms with E-state index in [-0.39, 0.29) is 12.3 Å². The summed E-state index contributed by atoms with van der Waals surface area (Å²) in [6.07, 6.45) is 0.860. The van der Waals surface area contributed by atoms with Crippen LogP contribution in [0.2, 0.25) is 0 Å². The third-order valence-corrected chi connectivity index (χ3v) is 3.62. The standard InChI is InChI=1S/C19H22N2O3/c22-17(16-11-5-2-6-12-16)14-19(24)21-20-18(23)13-7-10-15-8-3-1-4-9-15/h1-6,8-9,11-12,17,22H,7,10,13-14H2,(H,20,23)(H,21,24). The van der Waals surface area contributed by atoms with Crippen LogP contribution >= 0.6 is 0 Å². The molecule has 126 valence electrons. The Balaban J connectivity index is 1.63. The van der Waals surface area contributed by atoms with Gasteiger partial charge in [-0.2, -0.15) is 0 Å². The van der Waals surface area contributed by atoms with E-state index in [1.165, 1.54) is 5.56 Å². The van der Waals surface area contributed by atoms with Crippen molar-refractivity contribution in [2.24, 2.45) is 0 Å². The summed E-state index contributed by atoms with van der Waals surface area (Å²) in [6, 6.07) is 18.9. The fraction of sp³-hybridized carbons (Fsp3) is 0.263. The first-order valence-electron chi connectivity index (χ1n) is 8.00. The van der Waals surface area contributed by atoms with E-state index in [2.05, 4.69) is 10.9 Å². The third-order valence-electron chi connectivity index (χ3n) is 3.62. The van der Waals surface area contributed by atoms with E-state index in [0.29, 0.717) is 18.4 Å². The number of benzene rings is 2. The molecule has 0 fully saturated rings. The molecule has 1 atom stereocenters. The number of hydrogen-bond acceptors (Lipinski definition) is 3. The van der Waals surface area contributed by atoms with Gasteiger partial charge in [-0.3, -0.25) is 20.4 Å². The largest absolute Gasteiger partial charge is 0.388 e. The molecular formula is C19H22N2O3. The number of rotatable bonds is 7. The topological polar surface area (TPSA) is 78.4 Å². The fourth-order valence-electron chi connectivity index (χ4n) is 2.32. The highest BCUT2D eigenvalue weighted by Crippen LogP contribution is 2.15. The summed E-state index contributed by atoms with van der Waals surface area (Å²) in [5.41, 5.74) is 6.56. The predicted octanol–water partition coefficient (Wildman–Crippen LogP) is 2.28. The maximum absolute atomic E-state index is 11.7. The van der Waals surface area contributed by atoms with Crippen molar-refractivity contribution in [2.75, 3.05) is 0 Å². The first-order valence-corrected chi connectivity index (χ1v) is 8.00. The lowest BCUT2D eigenvalue weighted by atomic mass is 10.1. The normalized spacial score (nSPS) is 11.5. The predicted molar refractivity (Wildman–Crippen MR) is 91.7 cm³/mol. The molecule has 24 heavy (non-hydrogen) atoms. The van der Waals surface area contributed by atoms with Crippen molar-refractivity contribution >= 4 is 11.8 Å². The van der Waals surface area contributed by atoms with Gasteiger partial charge in [-0.05, 0) is 24.0 Å². The Morgan fingerprint density at radius 2 is 1.46 bits per heavy atom. The minimum absolute atomic E-state index is 0.103. The smallest absolute Gasteiger partial charge is 0.241 e. The number of aliphatic hydroxyl groups is 1. The molecule has 2 aromatic carbocycles. The van der Waals surface area contributed by atoms with Crippen LogP contribution in [-0.4, -0.2) is 16.9 Å². The summed E-state index contributed by atoms with van der Waals surface area (Å²) in [7, 11) is 0. The molecule has 2 amide bonds. The SMILES string of the molecule is O=C(CCCc1ccccc1)NNC(=O)CC(O)c1ccccc1. The maximum Gasteiger partial charge on any atom is 0.241 e. The highest BCUT2D eigenvalue weighted by Gasteiger charge is 2.13. The van der Waals surface area contributed by atoms with Crippen molar-refractivity contribution in [1.29, 1.82) is 0 Å². The van der Waals surface area contributed by atoms with Gasteiger partial charge in [0.2, 0.25) is 11.8 Å². The average Bonchev–Trinajstić information content (AvgIpc) is 2.61. The van der Waals surface area contributed by atoms with Crippen LogP contribution in [0, 0.1) is 0 Å². The van der Waals surface area contributed by atoms with E-state index in [9.17, 15) is 14.7 Å². The van der Waals surface area contributed by atoms with Gasteiger partial charge in [0.15, 0.2) is 0 Å². The quantitative estimate of drug-likeness (QED) is 0.683. The van der Waals surface area contributed by atoms with E-state index in [1.807, 2.05) is 36.4 Å². The number of nitrogens with one attached hydrogen (secondary N) is 2. The minimum Gasteiger partial charge on any atom is -0.388 e. The van der Waals surface area contributed by atoms with Crippen LogP contribution in [-0.2, 0) is 16.0 Å². The van der Waals surface area contributed by atoms with Crippen molar-refractivity contribution < 1.29 is 14.7 Å². The Morgan fingerprint density at radius 1 is 0.875 bits per heavy atom. The van der Waals surface area contributed by atoms with Crippen LogP contribution in [0.5, 0.6) is 0 Å². The van der Waals surface area contributed by atoms with Crippen molar-refractivity contribution in [3.8, 4) is 0 Å². The van der Waals surface area contributed by atoms with Crippen molar-refractivity contribution in [1.82, 2.24) is 10.9 Å². The number of carbonyl (C=O) groups is 2. The zero-order chi connectivity index (χ0) is 17.2. The molecule has 5 heteroatoms. The second-order valence-corrected chi connectivity index (χ2v) is 5.57. The summed E-state index contributed by atoms with van der Waals surface area (Å²) in [5.74, 6) is -0.670. The Kier molecular flexibility index (Phi) is 6.98. The van der Waals surface area contributed by atoms with Gasteiger partial charge < -0.3 is 5.11 Å². The van der Waals surface area contributed by atoms with Crippen molar-refractivity contribution in [3.05, 3.63) is 71.8 Å². The van der Waals surface area contributed by atoms with Crippen LogP contribution in [0.25, 0.3) is 0 Å². The Labute approximate surface area is 141 Å². The molecule has 0 aliphatic heterocycles. The first kappa shape index (κ1) is 17.7. The van der Waals surface area contributed by atoms with Crippen molar-refractivity contribution in [3.63, 3.8) is 0 Å². The van der Waals surface area contributed by atoms with E-state index < -0.39 is 12.0 Å². The lowest BCUT2D eigenvalue weighted by molar-refractivity contribution is -0.130. The minimum atomic E-state index is -0.888. The van der Waals surface area contributed by atoms with E-state index in [4.69, 9.17) is 0 Å². The number of aliphatic hydroxyl groups excluding tert-OH is 1. The van der Waals surface area contributed by atoms with E-state index in [1.54, 1.807) is 24.3 Å². The highest BCUT2D eigenvalue weighted by molar-refractivity contribution is 5.82. The lowest BCUT2D eigenvalue weighted by Gasteiger charge is -2.12. The molecule has 0 bridgehead atoms. The molecule has 0 saturated carbocycles. The lowest BCUT2D eigenvalue weighted by Crippen LogP contribution is -2.42. The summed E-state index contributed by atoms with van der Waals surface area (Å²) in [4.78, 5) is 23.4. The molecule has 0 radical (unpaired) electrons. The molecule has 3 N–H and O–H groups in total. The van der Waals surface area contributed by atoms with Gasteiger partial charge in [-0.1, -0.05) is 60.7 Å². The zero-order valence-corrected chi connectivity index (χ0v) is 13.4. The molecule has 0 aromatic heterocycles. The van der Waals surface area contributed by atoms with E-state index >= 15 is 0 Å².